The number of esters is 1. The molecule has 0 unspecified atom stereocenters. The molecule has 0 aliphatic rings. The van der Waals surface area contributed by atoms with Crippen LogP contribution in [0.5, 0.6) is 0 Å². The summed E-state index contributed by atoms with van der Waals surface area (Å²) in [7, 11) is 1.36. The van der Waals surface area contributed by atoms with Crippen LogP contribution in [0.15, 0.2) is 48.5 Å². The van der Waals surface area contributed by atoms with Crippen LogP contribution in [0.2, 0.25) is 0 Å². The highest BCUT2D eigenvalue weighted by atomic mass is 19.1. The Labute approximate surface area is 145 Å². The topological polar surface area (TPSA) is 51.2 Å². The van der Waals surface area contributed by atoms with Gasteiger partial charge in [0.2, 0.25) is 0 Å². The van der Waals surface area contributed by atoms with E-state index >= 15 is 0 Å². The van der Waals surface area contributed by atoms with Gasteiger partial charge in [-0.1, -0.05) is 0 Å². The maximum absolute atomic E-state index is 13.2. The molecule has 0 aliphatic carbocycles. The molecule has 0 aliphatic heterocycles. The average molecular weight is 338 g/mol. The first-order chi connectivity index (χ1) is 12.0. The number of rotatable bonds is 4. The molecule has 25 heavy (non-hydrogen) atoms. The van der Waals surface area contributed by atoms with E-state index in [1.807, 2.05) is 19.9 Å². The minimum atomic E-state index is -0.386. The molecule has 0 spiro atoms. The first-order valence-corrected chi connectivity index (χ1v) is 8.03. The molecule has 0 amide bonds. The summed E-state index contributed by atoms with van der Waals surface area (Å²) in [5.74, 6) is -0.673. The van der Waals surface area contributed by atoms with Crippen molar-refractivity contribution in [1.82, 2.24) is 4.98 Å². The summed E-state index contributed by atoms with van der Waals surface area (Å²) in [5, 5.41) is 4.20. The third-order valence-electron chi connectivity index (χ3n) is 3.80. The molecule has 1 aromatic heterocycles. The summed E-state index contributed by atoms with van der Waals surface area (Å²) in [6.45, 7) is 4.06. The van der Waals surface area contributed by atoms with E-state index in [1.54, 1.807) is 30.3 Å². The van der Waals surface area contributed by atoms with Crippen LogP contribution >= 0.6 is 0 Å². The Morgan fingerprint density at radius 2 is 1.84 bits per heavy atom. The molecule has 5 heteroatoms. The van der Waals surface area contributed by atoms with Crippen LogP contribution in [0.4, 0.5) is 10.1 Å². The number of halogens is 1. The Morgan fingerprint density at radius 1 is 1.12 bits per heavy atom. The minimum Gasteiger partial charge on any atom is -0.465 e. The van der Waals surface area contributed by atoms with Crippen molar-refractivity contribution < 1.29 is 13.9 Å². The van der Waals surface area contributed by atoms with Crippen molar-refractivity contribution in [3.05, 3.63) is 59.9 Å². The third-order valence-corrected chi connectivity index (χ3v) is 3.80. The lowest BCUT2D eigenvalue weighted by Crippen LogP contribution is -2.11. The quantitative estimate of drug-likeness (QED) is 0.704. The molecule has 0 fully saturated rings. The zero-order chi connectivity index (χ0) is 18.0. The lowest BCUT2D eigenvalue weighted by Gasteiger charge is -2.16. The van der Waals surface area contributed by atoms with Crippen LogP contribution in [-0.4, -0.2) is 24.1 Å². The Bertz CT molecular complexity index is 921. The van der Waals surface area contributed by atoms with Gasteiger partial charge in [0.25, 0.3) is 0 Å². The van der Waals surface area contributed by atoms with Crippen molar-refractivity contribution in [3.63, 3.8) is 0 Å². The Morgan fingerprint density at radius 3 is 2.48 bits per heavy atom. The molecule has 1 N–H and O–H groups in total. The van der Waals surface area contributed by atoms with Crippen molar-refractivity contribution in [3.8, 4) is 11.3 Å². The van der Waals surface area contributed by atoms with Crippen molar-refractivity contribution in [2.24, 2.45) is 0 Å². The molecule has 3 rings (SSSR count). The van der Waals surface area contributed by atoms with Gasteiger partial charge in [-0.3, -0.25) is 0 Å². The van der Waals surface area contributed by atoms with Gasteiger partial charge < -0.3 is 10.1 Å². The van der Waals surface area contributed by atoms with Crippen LogP contribution in [0, 0.1) is 5.82 Å². The summed E-state index contributed by atoms with van der Waals surface area (Å²) in [4.78, 5) is 16.5. The molecule has 3 aromatic rings. The van der Waals surface area contributed by atoms with Crippen LogP contribution in [-0.2, 0) is 4.74 Å². The number of benzene rings is 2. The standard InChI is InChI=1S/C20H19FN2O2/c1-12(2)22-18-11-15-10-14(20(24)25-3)6-9-17(15)23-19(18)13-4-7-16(21)8-5-13/h4-12,22H,1-3H3. The maximum Gasteiger partial charge on any atom is 0.337 e. The smallest absolute Gasteiger partial charge is 0.337 e. The molecule has 0 saturated heterocycles. The Kier molecular flexibility index (Phi) is 4.65. The maximum atomic E-state index is 13.2. The number of pyridine rings is 1. The Balaban J connectivity index is 2.17. The van der Waals surface area contributed by atoms with Gasteiger partial charge in [0.15, 0.2) is 0 Å². The van der Waals surface area contributed by atoms with E-state index in [0.29, 0.717) is 5.56 Å². The van der Waals surface area contributed by atoms with E-state index in [2.05, 4.69) is 5.32 Å². The van der Waals surface area contributed by atoms with E-state index in [4.69, 9.17) is 9.72 Å². The number of hydrogen-bond donors (Lipinski definition) is 1. The monoisotopic (exact) mass is 338 g/mol. The summed E-state index contributed by atoms with van der Waals surface area (Å²) in [6, 6.07) is 13.6. The van der Waals surface area contributed by atoms with E-state index < -0.39 is 0 Å². The number of aromatic nitrogens is 1. The number of methoxy groups -OCH3 is 1. The second-order valence-electron chi connectivity index (χ2n) is 6.09. The number of nitrogens with zero attached hydrogens (tertiary/aromatic N) is 1. The highest BCUT2D eigenvalue weighted by Gasteiger charge is 2.13. The van der Waals surface area contributed by atoms with E-state index in [9.17, 15) is 9.18 Å². The lowest BCUT2D eigenvalue weighted by atomic mass is 10.0. The highest BCUT2D eigenvalue weighted by molar-refractivity contribution is 5.96. The zero-order valence-corrected chi connectivity index (χ0v) is 14.3. The molecule has 0 bridgehead atoms. The van der Waals surface area contributed by atoms with Gasteiger partial charge in [-0.2, -0.15) is 0 Å². The molecular weight excluding hydrogens is 319 g/mol. The van der Waals surface area contributed by atoms with Crippen molar-refractivity contribution in [2.45, 2.75) is 19.9 Å². The van der Waals surface area contributed by atoms with Crippen LogP contribution in [0.25, 0.3) is 22.2 Å². The predicted octanol–water partition coefficient (Wildman–Crippen LogP) is 4.65. The number of carbonyl (C=O) groups is 1. The molecule has 0 atom stereocenters. The molecule has 0 radical (unpaired) electrons. The SMILES string of the molecule is COC(=O)c1ccc2nc(-c3ccc(F)cc3)c(NC(C)C)cc2c1. The molecular formula is C20H19FN2O2. The zero-order valence-electron chi connectivity index (χ0n) is 14.3. The van der Waals surface area contributed by atoms with Gasteiger partial charge in [0, 0.05) is 17.0 Å². The summed E-state index contributed by atoms with van der Waals surface area (Å²) in [5.41, 5.74) is 3.62. The van der Waals surface area contributed by atoms with E-state index in [1.165, 1.54) is 19.2 Å². The van der Waals surface area contributed by atoms with Crippen LogP contribution in [0.3, 0.4) is 0 Å². The van der Waals surface area contributed by atoms with Crippen LogP contribution in [0.1, 0.15) is 24.2 Å². The van der Waals surface area contributed by atoms with E-state index in [0.717, 1.165) is 27.8 Å². The van der Waals surface area contributed by atoms with Gasteiger partial charge in [0.05, 0.1) is 29.6 Å². The number of ether oxygens (including phenoxy) is 1. The van der Waals surface area contributed by atoms with Gasteiger partial charge in [-0.25, -0.2) is 14.2 Å². The second-order valence-corrected chi connectivity index (χ2v) is 6.09. The van der Waals surface area contributed by atoms with Crippen molar-refractivity contribution >= 4 is 22.6 Å². The van der Waals surface area contributed by atoms with E-state index in [-0.39, 0.29) is 17.8 Å². The number of nitrogens with one attached hydrogen (secondary N) is 1. The predicted molar refractivity (Wildman–Crippen MR) is 97.2 cm³/mol. The van der Waals surface area contributed by atoms with Gasteiger partial charge >= 0.3 is 5.97 Å². The Hall–Kier alpha value is -2.95. The average Bonchev–Trinajstić information content (AvgIpc) is 2.60. The van der Waals surface area contributed by atoms with Gasteiger partial charge in [-0.05, 0) is 62.4 Å². The number of fused-ring (bicyclic) bond motifs is 1. The first kappa shape index (κ1) is 16.9. The van der Waals surface area contributed by atoms with Crippen molar-refractivity contribution in [2.75, 3.05) is 12.4 Å². The normalized spacial score (nSPS) is 10.9. The second kappa shape index (κ2) is 6.89. The molecule has 0 saturated carbocycles. The fourth-order valence-electron chi connectivity index (χ4n) is 2.67. The first-order valence-electron chi connectivity index (χ1n) is 8.03. The fourth-order valence-corrected chi connectivity index (χ4v) is 2.67. The molecule has 128 valence electrons. The van der Waals surface area contributed by atoms with Crippen LogP contribution < -0.4 is 5.32 Å². The fraction of sp³-hybridized carbons (Fsp3) is 0.200. The number of hydrogen-bond acceptors (Lipinski definition) is 4. The van der Waals surface area contributed by atoms with Gasteiger partial charge in [-0.15, -0.1) is 0 Å². The summed E-state index contributed by atoms with van der Waals surface area (Å²) in [6.07, 6.45) is 0. The largest absolute Gasteiger partial charge is 0.465 e. The molecule has 2 aromatic carbocycles. The third kappa shape index (κ3) is 3.60. The summed E-state index contributed by atoms with van der Waals surface area (Å²) >= 11 is 0. The van der Waals surface area contributed by atoms with Crippen molar-refractivity contribution in [1.29, 1.82) is 0 Å². The van der Waals surface area contributed by atoms with Gasteiger partial charge in [0.1, 0.15) is 5.82 Å². The number of anilines is 1. The highest BCUT2D eigenvalue weighted by Crippen LogP contribution is 2.31. The molecule has 4 nitrogen and oxygen atoms in total. The summed E-state index contributed by atoms with van der Waals surface area (Å²) < 4.78 is 18.0. The number of carbonyl (C=O) groups excluding carboxylic acids is 1. The minimum absolute atomic E-state index is 0.197. The lowest BCUT2D eigenvalue weighted by molar-refractivity contribution is 0.0601. The molecule has 1 heterocycles.